The zero-order valence-corrected chi connectivity index (χ0v) is 21.6. The van der Waals surface area contributed by atoms with Gasteiger partial charge in [0, 0.05) is 21.8 Å². The van der Waals surface area contributed by atoms with Crippen LogP contribution in [-0.4, -0.2) is 28.7 Å². The molecule has 0 saturated carbocycles. The van der Waals surface area contributed by atoms with Crippen molar-refractivity contribution in [3.05, 3.63) is 102 Å². The first-order chi connectivity index (χ1) is 18.3. The van der Waals surface area contributed by atoms with Crippen molar-refractivity contribution in [1.82, 2.24) is 0 Å². The molecular formula is C30H28N2O5S. The summed E-state index contributed by atoms with van der Waals surface area (Å²) in [5.74, 6) is -2.90. The summed E-state index contributed by atoms with van der Waals surface area (Å²) >= 11 is 1.37. The molecule has 38 heavy (non-hydrogen) atoms. The molecule has 1 aliphatic carbocycles. The van der Waals surface area contributed by atoms with Gasteiger partial charge in [-0.1, -0.05) is 42.5 Å². The molecule has 3 aromatic carbocycles. The number of ketones is 1. The number of carbonyl (C=O) groups is 4. The maximum absolute atomic E-state index is 13.3. The molecular weight excluding hydrogens is 500 g/mol. The van der Waals surface area contributed by atoms with E-state index in [0.29, 0.717) is 29.8 Å². The number of amides is 2. The van der Waals surface area contributed by atoms with Gasteiger partial charge in [-0.25, -0.2) is 0 Å². The Labute approximate surface area is 225 Å². The number of hydrogen-bond acceptors (Lipinski definition) is 5. The van der Waals surface area contributed by atoms with Gasteiger partial charge in [-0.3, -0.25) is 19.2 Å². The number of hydrogen-bond donors (Lipinski definition) is 3. The molecule has 0 saturated heterocycles. The van der Waals surface area contributed by atoms with Crippen LogP contribution in [0.2, 0.25) is 0 Å². The van der Waals surface area contributed by atoms with Gasteiger partial charge in [-0.15, -0.1) is 11.8 Å². The minimum absolute atomic E-state index is 0.0440. The van der Waals surface area contributed by atoms with Gasteiger partial charge in [0.15, 0.2) is 5.78 Å². The van der Waals surface area contributed by atoms with Gasteiger partial charge in [0.25, 0.3) is 0 Å². The van der Waals surface area contributed by atoms with E-state index in [1.165, 1.54) is 18.7 Å². The standard InChI is InChI=1S/C30H28N2O5S/c1-19(33)20-11-13-22(14-12-20)32-29(35)27(21-7-3-2-4-8-21)38-24-17-15-23(16-18-24)31-28(34)25-9-5-6-10-26(25)30(36)37/h2-8,11-18,25-27H,9-10H2,1H3,(H,31,34)(H,32,35)(H,36,37)/t25-,26-,27-/m1/s1. The molecule has 0 bridgehead atoms. The zero-order valence-electron chi connectivity index (χ0n) is 20.8. The molecule has 4 rings (SSSR count). The highest BCUT2D eigenvalue weighted by atomic mass is 32.2. The van der Waals surface area contributed by atoms with Crippen molar-refractivity contribution in [2.24, 2.45) is 11.8 Å². The summed E-state index contributed by atoms with van der Waals surface area (Å²) in [4.78, 5) is 50.0. The van der Waals surface area contributed by atoms with Gasteiger partial charge in [-0.2, -0.15) is 0 Å². The van der Waals surface area contributed by atoms with Gasteiger partial charge < -0.3 is 15.7 Å². The number of aliphatic carboxylic acids is 1. The second-order valence-electron chi connectivity index (χ2n) is 9.04. The minimum Gasteiger partial charge on any atom is -0.481 e. The van der Waals surface area contributed by atoms with Gasteiger partial charge in [0.05, 0.1) is 11.8 Å². The summed E-state index contributed by atoms with van der Waals surface area (Å²) in [5.41, 5.74) is 2.56. The van der Waals surface area contributed by atoms with Crippen LogP contribution < -0.4 is 10.6 Å². The second kappa shape index (κ2) is 12.4. The number of thioether (sulfide) groups is 1. The summed E-state index contributed by atoms with van der Waals surface area (Å²) in [6.07, 6.45) is 4.37. The summed E-state index contributed by atoms with van der Waals surface area (Å²) in [5, 5.41) is 14.7. The molecule has 0 spiro atoms. The lowest BCUT2D eigenvalue weighted by atomic mass is 9.82. The van der Waals surface area contributed by atoms with Gasteiger partial charge in [-0.05, 0) is 73.9 Å². The SMILES string of the molecule is CC(=O)c1ccc(NC(=O)[C@H](Sc2ccc(NC(=O)[C@@H]3CC=CC[C@H]3C(=O)O)cc2)c2ccccc2)cc1. The van der Waals surface area contributed by atoms with E-state index in [1.807, 2.05) is 48.5 Å². The lowest BCUT2D eigenvalue weighted by Crippen LogP contribution is -2.34. The molecule has 0 aliphatic heterocycles. The molecule has 194 valence electrons. The Balaban J connectivity index is 1.46. The molecule has 0 unspecified atom stereocenters. The maximum atomic E-state index is 13.3. The van der Waals surface area contributed by atoms with Crippen molar-refractivity contribution < 1.29 is 24.3 Å². The van der Waals surface area contributed by atoms with Crippen LogP contribution in [0.25, 0.3) is 0 Å². The number of Topliss-reactive ketones (excluding diaryl/α,β-unsaturated/α-hetero) is 1. The van der Waals surface area contributed by atoms with E-state index >= 15 is 0 Å². The maximum Gasteiger partial charge on any atom is 0.307 e. The van der Waals surface area contributed by atoms with E-state index < -0.39 is 23.1 Å². The number of carboxylic acids is 1. The van der Waals surface area contributed by atoms with E-state index in [4.69, 9.17) is 0 Å². The Morgan fingerprint density at radius 1 is 0.789 bits per heavy atom. The van der Waals surface area contributed by atoms with Crippen molar-refractivity contribution in [2.45, 2.75) is 29.9 Å². The van der Waals surface area contributed by atoms with Gasteiger partial charge >= 0.3 is 5.97 Å². The van der Waals surface area contributed by atoms with E-state index in [1.54, 1.807) is 42.5 Å². The Morgan fingerprint density at radius 3 is 1.97 bits per heavy atom. The largest absolute Gasteiger partial charge is 0.481 e. The molecule has 1 aliphatic rings. The topological polar surface area (TPSA) is 113 Å². The third kappa shape index (κ3) is 6.77. The highest BCUT2D eigenvalue weighted by Crippen LogP contribution is 2.37. The number of rotatable bonds is 9. The monoisotopic (exact) mass is 528 g/mol. The highest BCUT2D eigenvalue weighted by Gasteiger charge is 2.34. The highest BCUT2D eigenvalue weighted by molar-refractivity contribution is 8.00. The van der Waals surface area contributed by atoms with Crippen molar-refractivity contribution >= 4 is 46.7 Å². The number of nitrogens with one attached hydrogen (secondary N) is 2. The fourth-order valence-corrected chi connectivity index (χ4v) is 5.29. The van der Waals surface area contributed by atoms with Crippen LogP contribution in [0.15, 0.2) is 95.9 Å². The van der Waals surface area contributed by atoms with Crippen molar-refractivity contribution in [2.75, 3.05) is 10.6 Å². The van der Waals surface area contributed by atoms with Crippen molar-refractivity contribution in [3.63, 3.8) is 0 Å². The Hall–Kier alpha value is -4.17. The molecule has 0 heterocycles. The van der Waals surface area contributed by atoms with Crippen LogP contribution in [0.5, 0.6) is 0 Å². The normalized spacial score (nSPS) is 17.3. The Kier molecular flexibility index (Phi) is 8.76. The number of anilines is 2. The number of benzene rings is 3. The second-order valence-corrected chi connectivity index (χ2v) is 10.2. The predicted octanol–water partition coefficient (Wildman–Crippen LogP) is 5.97. The van der Waals surface area contributed by atoms with E-state index in [-0.39, 0.29) is 17.6 Å². The van der Waals surface area contributed by atoms with Crippen molar-refractivity contribution in [3.8, 4) is 0 Å². The zero-order chi connectivity index (χ0) is 27.1. The summed E-state index contributed by atoms with van der Waals surface area (Å²) in [7, 11) is 0. The van der Waals surface area contributed by atoms with E-state index in [9.17, 15) is 24.3 Å². The third-order valence-electron chi connectivity index (χ3n) is 6.36. The molecule has 2 amide bonds. The molecule has 7 nitrogen and oxygen atoms in total. The Bertz CT molecular complexity index is 1340. The fraction of sp³-hybridized carbons (Fsp3) is 0.200. The smallest absolute Gasteiger partial charge is 0.307 e. The van der Waals surface area contributed by atoms with Crippen LogP contribution in [0.4, 0.5) is 11.4 Å². The fourth-order valence-electron chi connectivity index (χ4n) is 4.26. The number of allylic oxidation sites excluding steroid dienone is 2. The lowest BCUT2D eigenvalue weighted by molar-refractivity contribution is -0.146. The van der Waals surface area contributed by atoms with Crippen LogP contribution in [0, 0.1) is 11.8 Å². The van der Waals surface area contributed by atoms with Crippen LogP contribution in [0.1, 0.15) is 40.9 Å². The number of carboxylic acid groups (broad SMARTS) is 1. The molecule has 8 heteroatoms. The van der Waals surface area contributed by atoms with E-state index in [0.717, 1.165) is 10.5 Å². The number of carbonyl (C=O) groups excluding carboxylic acids is 3. The molecule has 0 fully saturated rings. The van der Waals surface area contributed by atoms with E-state index in [2.05, 4.69) is 10.6 Å². The molecule has 3 N–H and O–H groups in total. The summed E-state index contributed by atoms with van der Waals surface area (Å²) < 4.78 is 0. The average Bonchev–Trinajstić information content (AvgIpc) is 2.93. The molecule has 3 atom stereocenters. The molecule has 3 aromatic rings. The lowest BCUT2D eigenvalue weighted by Gasteiger charge is -2.24. The Morgan fingerprint density at radius 2 is 1.37 bits per heavy atom. The first-order valence-electron chi connectivity index (χ1n) is 12.2. The average molecular weight is 529 g/mol. The van der Waals surface area contributed by atoms with Gasteiger partial charge in [0.2, 0.25) is 11.8 Å². The molecule has 0 radical (unpaired) electrons. The summed E-state index contributed by atoms with van der Waals surface area (Å²) in [6, 6.07) is 23.3. The minimum atomic E-state index is -0.971. The predicted molar refractivity (Wildman–Crippen MR) is 148 cm³/mol. The first kappa shape index (κ1) is 26.9. The molecule has 0 aromatic heterocycles. The summed E-state index contributed by atoms with van der Waals surface area (Å²) in [6.45, 7) is 1.49. The van der Waals surface area contributed by atoms with Crippen molar-refractivity contribution in [1.29, 1.82) is 0 Å². The first-order valence-corrected chi connectivity index (χ1v) is 13.1. The van der Waals surface area contributed by atoms with Crippen LogP contribution in [-0.2, 0) is 14.4 Å². The third-order valence-corrected chi connectivity index (χ3v) is 7.63. The van der Waals surface area contributed by atoms with Crippen LogP contribution >= 0.6 is 11.8 Å². The van der Waals surface area contributed by atoms with Crippen LogP contribution in [0.3, 0.4) is 0 Å². The van der Waals surface area contributed by atoms with Gasteiger partial charge in [0.1, 0.15) is 5.25 Å². The quantitative estimate of drug-likeness (QED) is 0.179.